The summed E-state index contributed by atoms with van der Waals surface area (Å²) in [5.41, 5.74) is 1.46. The number of aliphatic imine (C=N–C) groups is 1. The zero-order valence-electron chi connectivity index (χ0n) is 11.6. The highest BCUT2D eigenvalue weighted by Gasteiger charge is 2.09. The molecule has 2 aromatic rings. The minimum atomic E-state index is -0.496. The molecule has 2 rings (SSSR count). The maximum Gasteiger partial charge on any atom is 0.270 e. The van der Waals surface area contributed by atoms with Gasteiger partial charge in [-0.05, 0) is 25.0 Å². The minimum absolute atomic E-state index is 0.0174. The van der Waals surface area contributed by atoms with Gasteiger partial charge in [0.1, 0.15) is 5.75 Å². The van der Waals surface area contributed by atoms with Gasteiger partial charge in [0.25, 0.3) is 5.69 Å². The van der Waals surface area contributed by atoms with Crippen molar-refractivity contribution in [2.45, 2.75) is 19.4 Å². The highest BCUT2D eigenvalue weighted by atomic mass is 16.6. The molecule has 0 aromatic heterocycles. The van der Waals surface area contributed by atoms with Crippen LogP contribution in [0.15, 0.2) is 53.5 Å². The Morgan fingerprint density at radius 3 is 2.67 bits per heavy atom. The molecule has 0 aliphatic carbocycles. The van der Waals surface area contributed by atoms with E-state index in [-0.39, 0.29) is 17.5 Å². The predicted octanol–water partition coefficient (Wildman–Crippen LogP) is 3.35. The van der Waals surface area contributed by atoms with Gasteiger partial charge in [-0.25, -0.2) is 0 Å². The van der Waals surface area contributed by atoms with E-state index in [1.54, 1.807) is 0 Å². The van der Waals surface area contributed by atoms with E-state index in [1.165, 1.54) is 30.0 Å². The van der Waals surface area contributed by atoms with Crippen molar-refractivity contribution in [3.05, 3.63) is 69.8 Å². The number of non-ortho nitro benzene ring substituents is 1. The highest BCUT2D eigenvalue weighted by Crippen LogP contribution is 2.21. The maximum absolute atomic E-state index is 10.7. The van der Waals surface area contributed by atoms with Crippen LogP contribution in [0.1, 0.15) is 18.1 Å². The fourth-order valence-corrected chi connectivity index (χ4v) is 1.97. The van der Waals surface area contributed by atoms with E-state index in [4.69, 9.17) is 0 Å². The molecule has 0 unspecified atom stereocenters. The van der Waals surface area contributed by atoms with Crippen LogP contribution >= 0.6 is 0 Å². The van der Waals surface area contributed by atoms with Gasteiger partial charge >= 0.3 is 0 Å². The molecule has 0 aliphatic heterocycles. The summed E-state index contributed by atoms with van der Waals surface area (Å²) in [4.78, 5) is 14.6. The second-order valence-corrected chi connectivity index (χ2v) is 4.82. The first-order chi connectivity index (χ1) is 10.1. The second kappa shape index (κ2) is 6.65. The molecule has 0 aliphatic rings. The van der Waals surface area contributed by atoms with Crippen molar-refractivity contribution in [1.29, 1.82) is 0 Å². The maximum atomic E-state index is 10.7. The summed E-state index contributed by atoms with van der Waals surface area (Å²) in [5.74, 6) is -0.0174. The summed E-state index contributed by atoms with van der Waals surface area (Å²) in [5, 5.41) is 20.4. The SMILES string of the molecule is C[C@H](Cc1ccccc1)N=Cc1cc([N+](=O)[O-])ccc1O. The minimum Gasteiger partial charge on any atom is -0.507 e. The van der Waals surface area contributed by atoms with Crippen LogP contribution in [0.25, 0.3) is 0 Å². The van der Waals surface area contributed by atoms with Crippen LogP contribution < -0.4 is 0 Å². The Hall–Kier alpha value is -2.69. The Morgan fingerprint density at radius 2 is 2.00 bits per heavy atom. The van der Waals surface area contributed by atoms with E-state index in [2.05, 4.69) is 4.99 Å². The molecule has 1 atom stereocenters. The van der Waals surface area contributed by atoms with Crippen molar-refractivity contribution in [2.75, 3.05) is 0 Å². The Balaban J connectivity index is 2.10. The zero-order chi connectivity index (χ0) is 15.2. The van der Waals surface area contributed by atoms with Crippen molar-refractivity contribution in [3.8, 4) is 5.75 Å². The lowest BCUT2D eigenvalue weighted by atomic mass is 10.1. The molecule has 2 aromatic carbocycles. The van der Waals surface area contributed by atoms with E-state index in [9.17, 15) is 15.2 Å². The van der Waals surface area contributed by atoms with Gasteiger partial charge in [-0.3, -0.25) is 15.1 Å². The van der Waals surface area contributed by atoms with Gasteiger partial charge in [0.2, 0.25) is 0 Å². The predicted molar refractivity (Wildman–Crippen MR) is 82.0 cm³/mol. The molecular formula is C16H16N2O3. The van der Waals surface area contributed by atoms with Crippen LogP contribution in [-0.2, 0) is 6.42 Å². The summed E-state index contributed by atoms with van der Waals surface area (Å²) in [6, 6.07) is 13.9. The molecule has 0 saturated heterocycles. The Bertz CT molecular complexity index is 654. The fourth-order valence-electron chi connectivity index (χ4n) is 1.97. The molecule has 0 fully saturated rings. The van der Waals surface area contributed by atoms with E-state index in [0.717, 1.165) is 6.42 Å². The Kier molecular flexibility index (Phi) is 4.66. The first kappa shape index (κ1) is 14.7. The molecule has 5 heteroatoms. The molecule has 21 heavy (non-hydrogen) atoms. The lowest BCUT2D eigenvalue weighted by Crippen LogP contribution is -2.03. The van der Waals surface area contributed by atoms with Crippen LogP contribution in [0.2, 0.25) is 0 Å². The molecule has 0 amide bonds. The van der Waals surface area contributed by atoms with Crippen LogP contribution in [-0.4, -0.2) is 22.3 Å². The average Bonchev–Trinajstić information content (AvgIpc) is 2.47. The largest absolute Gasteiger partial charge is 0.507 e. The molecule has 0 radical (unpaired) electrons. The van der Waals surface area contributed by atoms with Crippen molar-refractivity contribution in [1.82, 2.24) is 0 Å². The van der Waals surface area contributed by atoms with E-state index >= 15 is 0 Å². The number of nitro benzene ring substituents is 1. The Labute approximate surface area is 122 Å². The van der Waals surface area contributed by atoms with Gasteiger partial charge in [0.05, 0.1) is 11.0 Å². The summed E-state index contributed by atoms with van der Waals surface area (Å²) in [6.07, 6.45) is 2.25. The lowest BCUT2D eigenvalue weighted by Gasteiger charge is -2.06. The van der Waals surface area contributed by atoms with Gasteiger partial charge in [0.15, 0.2) is 0 Å². The average molecular weight is 284 g/mol. The number of hydrogen-bond acceptors (Lipinski definition) is 4. The summed E-state index contributed by atoms with van der Waals surface area (Å²) in [6.45, 7) is 1.96. The first-order valence-electron chi connectivity index (χ1n) is 6.61. The van der Waals surface area contributed by atoms with E-state index in [1.807, 2.05) is 37.3 Å². The third-order valence-electron chi connectivity index (χ3n) is 3.06. The number of hydrogen-bond donors (Lipinski definition) is 1. The quantitative estimate of drug-likeness (QED) is 0.519. The number of nitrogens with zero attached hydrogens (tertiary/aromatic N) is 2. The lowest BCUT2D eigenvalue weighted by molar-refractivity contribution is -0.384. The fraction of sp³-hybridized carbons (Fsp3) is 0.188. The smallest absolute Gasteiger partial charge is 0.270 e. The molecule has 0 heterocycles. The number of rotatable bonds is 5. The van der Waals surface area contributed by atoms with E-state index < -0.39 is 4.92 Å². The molecular weight excluding hydrogens is 268 g/mol. The van der Waals surface area contributed by atoms with Gasteiger partial charge in [-0.1, -0.05) is 30.3 Å². The normalized spacial score (nSPS) is 12.4. The van der Waals surface area contributed by atoms with Crippen molar-refractivity contribution in [3.63, 3.8) is 0 Å². The van der Waals surface area contributed by atoms with Crippen LogP contribution in [0.4, 0.5) is 5.69 Å². The summed E-state index contributed by atoms with van der Waals surface area (Å²) in [7, 11) is 0. The van der Waals surface area contributed by atoms with Crippen molar-refractivity contribution in [2.24, 2.45) is 4.99 Å². The number of phenols is 1. The zero-order valence-corrected chi connectivity index (χ0v) is 11.6. The molecule has 108 valence electrons. The van der Waals surface area contributed by atoms with Gasteiger partial charge < -0.3 is 5.11 Å². The molecule has 5 nitrogen and oxygen atoms in total. The van der Waals surface area contributed by atoms with E-state index in [0.29, 0.717) is 5.56 Å². The third-order valence-corrected chi connectivity index (χ3v) is 3.06. The first-order valence-corrected chi connectivity index (χ1v) is 6.61. The second-order valence-electron chi connectivity index (χ2n) is 4.82. The van der Waals surface area contributed by atoms with Crippen LogP contribution in [0, 0.1) is 10.1 Å². The van der Waals surface area contributed by atoms with Gasteiger partial charge in [0, 0.05) is 23.9 Å². The standard InChI is InChI=1S/C16H16N2O3/c1-12(9-13-5-3-2-4-6-13)17-11-14-10-15(18(20)21)7-8-16(14)19/h2-8,10-12,19H,9H2,1H3/t12-/m1/s1. The highest BCUT2D eigenvalue weighted by molar-refractivity contribution is 5.84. The summed E-state index contributed by atoms with van der Waals surface area (Å²) >= 11 is 0. The molecule has 0 bridgehead atoms. The topological polar surface area (TPSA) is 75.7 Å². The van der Waals surface area contributed by atoms with Gasteiger partial charge in [-0.2, -0.15) is 0 Å². The summed E-state index contributed by atoms with van der Waals surface area (Å²) < 4.78 is 0. The number of benzene rings is 2. The number of nitro groups is 1. The number of phenolic OH excluding ortho intramolecular Hbond substituents is 1. The van der Waals surface area contributed by atoms with Gasteiger partial charge in [-0.15, -0.1) is 0 Å². The molecule has 1 N–H and O–H groups in total. The van der Waals surface area contributed by atoms with Crippen LogP contribution in [0.5, 0.6) is 5.75 Å². The van der Waals surface area contributed by atoms with Crippen molar-refractivity contribution < 1.29 is 10.0 Å². The van der Waals surface area contributed by atoms with Crippen LogP contribution in [0.3, 0.4) is 0 Å². The molecule has 0 spiro atoms. The molecule has 0 saturated carbocycles. The third kappa shape index (κ3) is 4.14. The van der Waals surface area contributed by atoms with Crippen molar-refractivity contribution >= 4 is 11.9 Å². The Morgan fingerprint density at radius 1 is 1.29 bits per heavy atom. The monoisotopic (exact) mass is 284 g/mol. The number of aromatic hydroxyl groups is 1.